The molecule has 12 rings (SSSR count). The van der Waals surface area contributed by atoms with Gasteiger partial charge in [-0.25, -0.2) is 0 Å². The number of rotatable bonds is 10. The van der Waals surface area contributed by atoms with Crippen molar-refractivity contribution in [2.45, 2.75) is 135 Å². The Bertz CT molecular complexity index is 2370. The maximum atomic E-state index is 9.57. The Hall–Kier alpha value is -5.38. The molecule has 6 aliphatic heterocycles. The smallest absolute Gasteiger partial charge is 0.318 e. The van der Waals surface area contributed by atoms with Gasteiger partial charge in [-0.1, -0.05) is 56.0 Å². The van der Waals surface area contributed by atoms with E-state index in [1.165, 1.54) is 59.1 Å². The fourth-order valence-electron chi connectivity index (χ4n) is 12.7. The molecule has 2 aliphatic carbocycles. The second-order valence-corrected chi connectivity index (χ2v) is 20.8. The molecule has 4 aromatic rings. The second kappa shape index (κ2) is 20.9. The number of nitrogens with zero attached hydrogens (tertiary/aromatic N) is 12. The normalized spacial score (nSPS) is 26.6. The van der Waals surface area contributed by atoms with E-state index in [4.69, 9.17) is 29.4 Å². The van der Waals surface area contributed by atoms with Crippen molar-refractivity contribution < 1.29 is 9.47 Å². The topological polar surface area (TPSA) is 137 Å². The van der Waals surface area contributed by atoms with Crippen molar-refractivity contribution in [2.24, 2.45) is 11.8 Å². The number of hydrogen-bond donors (Lipinski definition) is 0. The first-order valence-corrected chi connectivity index (χ1v) is 25.8. The van der Waals surface area contributed by atoms with E-state index in [-0.39, 0.29) is 19.3 Å². The molecule has 0 saturated carbocycles. The van der Waals surface area contributed by atoms with E-state index >= 15 is 0 Å². The molecular formula is C55H72N12O2. The molecule has 4 fully saturated rings. The second-order valence-electron chi connectivity index (χ2n) is 20.8. The minimum Gasteiger partial charge on any atom is -0.462 e. The van der Waals surface area contributed by atoms with E-state index in [9.17, 15) is 10.5 Å². The zero-order valence-electron chi connectivity index (χ0n) is 40.2. The number of likely N-dealkylation sites (N-methyl/N-ethyl adjacent to an activating group) is 2. The van der Waals surface area contributed by atoms with Crippen LogP contribution in [0.25, 0.3) is 0 Å². The minimum atomic E-state index is 0. The Morgan fingerprint density at radius 3 is 1.41 bits per heavy atom. The van der Waals surface area contributed by atoms with Crippen molar-refractivity contribution in [1.29, 1.82) is 10.5 Å². The van der Waals surface area contributed by atoms with Gasteiger partial charge >= 0.3 is 12.0 Å². The molecule has 14 nitrogen and oxygen atoms in total. The zero-order chi connectivity index (χ0) is 46.1. The molecule has 0 radical (unpaired) electrons. The number of benzene rings is 2. The van der Waals surface area contributed by atoms with Crippen LogP contribution in [0.4, 0.5) is 11.6 Å². The number of ether oxygens (including phenoxy) is 2. The number of anilines is 2. The third-order valence-corrected chi connectivity index (χ3v) is 16.6. The van der Waals surface area contributed by atoms with Crippen LogP contribution in [0.5, 0.6) is 12.0 Å². The maximum Gasteiger partial charge on any atom is 0.318 e. The summed E-state index contributed by atoms with van der Waals surface area (Å²) in [5.74, 6) is 2.12. The van der Waals surface area contributed by atoms with Gasteiger partial charge in [-0.2, -0.15) is 30.5 Å². The highest BCUT2D eigenvalue weighted by Gasteiger charge is 2.38. The molecule has 0 spiro atoms. The molecule has 2 aromatic heterocycles. The van der Waals surface area contributed by atoms with Gasteiger partial charge < -0.3 is 29.1 Å². The Balaban J connectivity index is 0.000000158. The van der Waals surface area contributed by atoms with Crippen LogP contribution >= 0.6 is 0 Å². The minimum absolute atomic E-state index is 0. The Kier molecular flexibility index (Phi) is 14.3. The molecule has 69 heavy (non-hydrogen) atoms. The molecule has 0 amide bonds. The van der Waals surface area contributed by atoms with Crippen molar-refractivity contribution in [3.05, 3.63) is 93.3 Å². The van der Waals surface area contributed by atoms with Gasteiger partial charge in [0.05, 0.1) is 35.4 Å². The highest BCUT2D eigenvalue weighted by molar-refractivity contribution is 5.54. The largest absolute Gasteiger partial charge is 0.462 e. The molecule has 2 aromatic carbocycles. The van der Waals surface area contributed by atoms with Gasteiger partial charge in [0.1, 0.15) is 24.8 Å². The van der Waals surface area contributed by atoms with Gasteiger partial charge in [0, 0.05) is 87.7 Å². The number of fused-ring (bicyclic) bond motifs is 4. The molecule has 6 atom stereocenters. The van der Waals surface area contributed by atoms with Crippen LogP contribution in [-0.2, 0) is 39.0 Å². The fraction of sp³-hybridized carbons (Fsp3) is 0.600. The molecule has 2 unspecified atom stereocenters. The first kappa shape index (κ1) is 47.3. The molecule has 14 heteroatoms. The monoisotopic (exact) mass is 933 g/mol. The van der Waals surface area contributed by atoms with Gasteiger partial charge in [0.15, 0.2) is 0 Å². The standard InChI is InChI=1S/2C27H34N6O.CH4/c2*1-31-12-5-8-21(31)18-34-27-29-24-17-33(25-11-10-20-7-2-3-9-22(20)25)16-23(24)26(30-27)32-13-4-6-19(14-28)15-32;/h2*2-3,7,9,19,21,25H,4-6,8,10-13,15-18H2,1H3;1H4/t2*19-,21-,25?;/m00./s1. The van der Waals surface area contributed by atoms with Crippen LogP contribution in [-0.4, -0.2) is 118 Å². The number of likely N-dealkylation sites (tertiary alicyclic amines) is 2. The van der Waals surface area contributed by atoms with Gasteiger partial charge in [0.25, 0.3) is 0 Å². The summed E-state index contributed by atoms with van der Waals surface area (Å²) in [6, 6.07) is 25.4. The number of hydrogen-bond acceptors (Lipinski definition) is 14. The summed E-state index contributed by atoms with van der Waals surface area (Å²) in [6.07, 6.45) is 13.4. The lowest BCUT2D eigenvalue weighted by atomic mass is 9.99. The lowest BCUT2D eigenvalue weighted by Gasteiger charge is -2.32. The van der Waals surface area contributed by atoms with Gasteiger partial charge in [-0.3, -0.25) is 9.80 Å². The molecule has 0 N–H and O–H groups in total. The van der Waals surface area contributed by atoms with Crippen molar-refractivity contribution >= 4 is 11.6 Å². The van der Waals surface area contributed by atoms with E-state index in [1.54, 1.807) is 0 Å². The lowest BCUT2D eigenvalue weighted by Crippen LogP contribution is -2.36. The van der Waals surface area contributed by atoms with Gasteiger partial charge in [-0.05, 0) is 126 Å². The molecule has 8 heterocycles. The van der Waals surface area contributed by atoms with Crippen LogP contribution in [0.2, 0.25) is 0 Å². The summed E-state index contributed by atoms with van der Waals surface area (Å²) < 4.78 is 12.4. The third-order valence-electron chi connectivity index (χ3n) is 16.6. The molecule has 4 saturated heterocycles. The number of nitriles is 2. The molecule has 0 bridgehead atoms. The van der Waals surface area contributed by atoms with Crippen LogP contribution in [0.3, 0.4) is 0 Å². The zero-order valence-corrected chi connectivity index (χ0v) is 40.2. The van der Waals surface area contributed by atoms with Crippen LogP contribution in [0.1, 0.15) is 128 Å². The maximum absolute atomic E-state index is 9.57. The summed E-state index contributed by atoms with van der Waals surface area (Å²) in [6.45, 7) is 10.3. The summed E-state index contributed by atoms with van der Waals surface area (Å²) in [5, 5.41) is 19.1. The first-order chi connectivity index (χ1) is 33.4. The number of aryl methyl sites for hydroxylation is 2. The van der Waals surface area contributed by atoms with Gasteiger partial charge in [0.2, 0.25) is 0 Å². The quantitative estimate of drug-likeness (QED) is 0.152. The van der Waals surface area contributed by atoms with Crippen molar-refractivity contribution in [2.75, 3.05) is 76.4 Å². The highest BCUT2D eigenvalue weighted by Crippen LogP contribution is 2.44. The Morgan fingerprint density at radius 1 is 0.551 bits per heavy atom. The van der Waals surface area contributed by atoms with Crippen molar-refractivity contribution in [1.82, 2.24) is 39.5 Å². The van der Waals surface area contributed by atoms with Gasteiger partial charge in [-0.15, -0.1) is 0 Å². The number of piperidine rings is 2. The first-order valence-electron chi connectivity index (χ1n) is 25.8. The Labute approximate surface area is 410 Å². The Morgan fingerprint density at radius 2 is 0.986 bits per heavy atom. The third kappa shape index (κ3) is 9.88. The van der Waals surface area contributed by atoms with E-state index in [0.29, 0.717) is 49.4 Å². The SMILES string of the molecule is C.CN1CCC[C@H]1COc1nc2c(c(N3CCC[C@@H](C#N)C3)n1)CN(C1CCc3ccccc31)C2.CN1CCC[C@H]1COc1nc2c(c(N3CCC[C@@H](C#N)C3)n1)CN(C1CCc3ccccc31)C2. The summed E-state index contributed by atoms with van der Waals surface area (Å²) in [4.78, 5) is 34.3. The molecule has 8 aliphatic rings. The average Bonchev–Trinajstić information content (AvgIpc) is 4.26. The van der Waals surface area contributed by atoms with Crippen molar-refractivity contribution in [3.8, 4) is 24.2 Å². The molecular weight excluding hydrogens is 861 g/mol. The van der Waals surface area contributed by atoms with Crippen LogP contribution in [0, 0.1) is 34.5 Å². The van der Waals surface area contributed by atoms with Crippen molar-refractivity contribution in [3.63, 3.8) is 0 Å². The van der Waals surface area contributed by atoms with E-state index < -0.39 is 0 Å². The lowest BCUT2D eigenvalue weighted by molar-refractivity contribution is 0.186. The fourth-order valence-corrected chi connectivity index (χ4v) is 12.7. The van der Waals surface area contributed by atoms with E-state index in [1.807, 2.05) is 0 Å². The predicted octanol–water partition coefficient (Wildman–Crippen LogP) is 8.02. The molecule has 364 valence electrons. The van der Waals surface area contributed by atoms with E-state index in [0.717, 1.165) is 140 Å². The average molecular weight is 933 g/mol. The predicted molar refractivity (Wildman–Crippen MR) is 268 cm³/mol. The summed E-state index contributed by atoms with van der Waals surface area (Å²) in [5.41, 5.74) is 10.5. The summed E-state index contributed by atoms with van der Waals surface area (Å²) >= 11 is 0. The van der Waals surface area contributed by atoms with Crippen LogP contribution < -0.4 is 19.3 Å². The summed E-state index contributed by atoms with van der Waals surface area (Å²) in [7, 11) is 4.34. The number of aromatic nitrogens is 4. The van der Waals surface area contributed by atoms with Crippen LogP contribution in [0.15, 0.2) is 48.5 Å². The highest BCUT2D eigenvalue weighted by atomic mass is 16.5. The van der Waals surface area contributed by atoms with E-state index in [2.05, 4.69) is 104 Å².